The molecular formula is C21H24N2O4S. The van der Waals surface area contributed by atoms with Crippen LogP contribution >= 0.6 is 11.3 Å². The minimum atomic E-state index is -0.607. The van der Waals surface area contributed by atoms with Gasteiger partial charge in [-0.25, -0.2) is 4.79 Å². The molecule has 0 atom stereocenters. The van der Waals surface area contributed by atoms with E-state index < -0.39 is 18.5 Å². The molecule has 0 unspecified atom stereocenters. The van der Waals surface area contributed by atoms with E-state index in [4.69, 9.17) is 4.74 Å². The van der Waals surface area contributed by atoms with Gasteiger partial charge in [0.15, 0.2) is 6.61 Å². The van der Waals surface area contributed by atoms with Crippen LogP contribution in [-0.4, -0.2) is 24.4 Å². The molecule has 2 aromatic rings. The van der Waals surface area contributed by atoms with Crippen molar-refractivity contribution in [3.05, 3.63) is 45.8 Å². The monoisotopic (exact) mass is 400 g/mol. The summed E-state index contributed by atoms with van der Waals surface area (Å²) in [6.45, 7) is 5.36. The van der Waals surface area contributed by atoms with Gasteiger partial charge in [0.1, 0.15) is 5.00 Å². The fourth-order valence-corrected chi connectivity index (χ4v) is 3.80. The third kappa shape index (κ3) is 4.78. The van der Waals surface area contributed by atoms with Crippen molar-refractivity contribution in [2.75, 3.05) is 17.2 Å². The Morgan fingerprint density at radius 2 is 1.79 bits per heavy atom. The van der Waals surface area contributed by atoms with Gasteiger partial charge in [-0.15, -0.1) is 11.3 Å². The Morgan fingerprint density at radius 1 is 1.11 bits per heavy atom. The predicted octanol–water partition coefficient (Wildman–Crippen LogP) is 4.07. The van der Waals surface area contributed by atoms with E-state index in [1.165, 1.54) is 16.9 Å². The van der Waals surface area contributed by atoms with Crippen molar-refractivity contribution in [3.8, 4) is 0 Å². The highest BCUT2D eigenvalue weighted by Crippen LogP contribution is 2.36. The van der Waals surface area contributed by atoms with Gasteiger partial charge < -0.3 is 15.4 Å². The molecule has 2 N–H and O–H groups in total. The first-order chi connectivity index (χ1) is 13.4. The summed E-state index contributed by atoms with van der Waals surface area (Å²) in [4.78, 5) is 37.7. The third-order valence-electron chi connectivity index (χ3n) is 4.75. The van der Waals surface area contributed by atoms with E-state index in [1.807, 2.05) is 38.1 Å². The Balaban J connectivity index is 1.60. The van der Waals surface area contributed by atoms with E-state index in [0.717, 1.165) is 29.7 Å². The van der Waals surface area contributed by atoms with E-state index in [2.05, 4.69) is 17.6 Å². The Morgan fingerprint density at radius 3 is 2.39 bits per heavy atom. The van der Waals surface area contributed by atoms with Gasteiger partial charge in [0.25, 0.3) is 5.91 Å². The van der Waals surface area contributed by atoms with Crippen molar-refractivity contribution < 1.29 is 19.1 Å². The first kappa shape index (κ1) is 20.1. The molecule has 1 aliphatic carbocycles. The van der Waals surface area contributed by atoms with Crippen LogP contribution in [0.3, 0.4) is 0 Å². The number of carbonyl (C=O) groups excluding carboxylic acids is 3. The second kappa shape index (κ2) is 8.56. The Hall–Kier alpha value is -2.67. The molecule has 0 aliphatic heterocycles. The maximum absolute atomic E-state index is 12.6. The highest BCUT2D eigenvalue weighted by Gasteiger charge is 2.31. The van der Waals surface area contributed by atoms with Gasteiger partial charge in [0.2, 0.25) is 5.91 Å². The molecule has 0 radical (unpaired) electrons. The number of hydrogen-bond acceptors (Lipinski definition) is 5. The fourth-order valence-electron chi connectivity index (χ4n) is 2.74. The lowest BCUT2D eigenvalue weighted by Gasteiger charge is -2.09. The summed E-state index contributed by atoms with van der Waals surface area (Å²) in [5.74, 6) is -1.05. The molecule has 6 nitrogen and oxygen atoms in total. The van der Waals surface area contributed by atoms with Crippen LogP contribution in [0.5, 0.6) is 0 Å². The van der Waals surface area contributed by atoms with E-state index in [9.17, 15) is 14.4 Å². The number of ether oxygens (including phenoxy) is 1. The number of hydrogen-bond donors (Lipinski definition) is 2. The Bertz CT molecular complexity index is 898. The molecule has 1 aliphatic rings. The van der Waals surface area contributed by atoms with Gasteiger partial charge >= 0.3 is 5.97 Å². The van der Waals surface area contributed by atoms with Crippen LogP contribution in [-0.2, 0) is 20.7 Å². The molecule has 2 amide bonds. The van der Waals surface area contributed by atoms with Crippen molar-refractivity contribution in [1.29, 1.82) is 0 Å². The van der Waals surface area contributed by atoms with Crippen LogP contribution in [0.4, 0.5) is 10.7 Å². The molecule has 1 saturated carbocycles. The van der Waals surface area contributed by atoms with Gasteiger partial charge in [-0.3, -0.25) is 9.59 Å². The zero-order chi connectivity index (χ0) is 20.3. The van der Waals surface area contributed by atoms with E-state index in [1.54, 1.807) is 0 Å². The van der Waals surface area contributed by atoms with Crippen molar-refractivity contribution in [3.63, 3.8) is 0 Å². The second-order valence-corrected chi connectivity index (χ2v) is 8.15. The lowest BCUT2D eigenvalue weighted by atomic mass is 10.1. The largest absolute Gasteiger partial charge is 0.452 e. The van der Waals surface area contributed by atoms with Crippen LogP contribution in [0.25, 0.3) is 0 Å². The Labute approximate surface area is 168 Å². The number of esters is 1. The minimum Gasteiger partial charge on any atom is -0.452 e. The molecule has 1 fully saturated rings. The lowest BCUT2D eigenvalue weighted by molar-refractivity contribution is -0.119. The zero-order valence-corrected chi connectivity index (χ0v) is 17.1. The molecule has 1 aromatic heterocycles. The number of amides is 2. The van der Waals surface area contributed by atoms with Crippen LogP contribution < -0.4 is 10.6 Å². The lowest BCUT2D eigenvalue weighted by Crippen LogP contribution is -2.22. The molecule has 28 heavy (non-hydrogen) atoms. The maximum Gasteiger partial charge on any atom is 0.341 e. The van der Waals surface area contributed by atoms with Crippen LogP contribution in [0.15, 0.2) is 24.3 Å². The average Bonchev–Trinajstić information content (AvgIpc) is 3.48. The first-order valence-electron chi connectivity index (χ1n) is 9.35. The SMILES string of the molecule is CCc1ccc(NC(=O)COC(=O)c2c(NC(=O)C3CC3)sc(C)c2C)cc1. The second-order valence-electron chi connectivity index (χ2n) is 6.93. The maximum atomic E-state index is 12.6. The standard InChI is InChI=1S/C21H24N2O4S/c1-4-14-5-9-16(10-6-14)22-17(24)11-27-21(26)18-12(2)13(3)28-20(18)23-19(25)15-7-8-15/h5-6,9-10,15H,4,7-8,11H2,1-3H3,(H,22,24)(H,23,25). The number of aryl methyl sites for hydroxylation is 2. The number of rotatable bonds is 7. The summed E-state index contributed by atoms with van der Waals surface area (Å²) < 4.78 is 5.20. The minimum absolute atomic E-state index is 0.0384. The quantitative estimate of drug-likeness (QED) is 0.686. The summed E-state index contributed by atoms with van der Waals surface area (Å²) in [5.41, 5.74) is 2.92. The summed E-state index contributed by atoms with van der Waals surface area (Å²) in [5, 5.41) is 6.03. The summed E-state index contributed by atoms with van der Waals surface area (Å²) in [7, 11) is 0. The van der Waals surface area contributed by atoms with Crippen LogP contribution in [0, 0.1) is 19.8 Å². The van der Waals surface area contributed by atoms with E-state index in [0.29, 0.717) is 16.3 Å². The third-order valence-corrected chi connectivity index (χ3v) is 5.88. The smallest absolute Gasteiger partial charge is 0.341 e. The number of thiophene rings is 1. The highest BCUT2D eigenvalue weighted by atomic mass is 32.1. The van der Waals surface area contributed by atoms with E-state index in [-0.39, 0.29) is 11.8 Å². The van der Waals surface area contributed by atoms with Gasteiger partial charge in [-0.1, -0.05) is 19.1 Å². The molecule has 0 bridgehead atoms. The highest BCUT2D eigenvalue weighted by molar-refractivity contribution is 7.16. The Kier molecular flexibility index (Phi) is 6.14. The number of carbonyl (C=O) groups is 3. The van der Waals surface area contributed by atoms with Gasteiger partial charge in [0.05, 0.1) is 5.56 Å². The molecule has 0 saturated heterocycles. The van der Waals surface area contributed by atoms with Crippen LogP contribution in [0.2, 0.25) is 0 Å². The molecular weight excluding hydrogens is 376 g/mol. The number of anilines is 2. The summed E-state index contributed by atoms with van der Waals surface area (Å²) in [6, 6.07) is 7.51. The number of nitrogens with one attached hydrogen (secondary N) is 2. The molecule has 0 spiro atoms. The topological polar surface area (TPSA) is 84.5 Å². The van der Waals surface area contributed by atoms with Gasteiger partial charge in [0, 0.05) is 16.5 Å². The van der Waals surface area contributed by atoms with Crippen molar-refractivity contribution >= 4 is 39.8 Å². The summed E-state index contributed by atoms with van der Waals surface area (Å²) >= 11 is 1.35. The number of benzene rings is 1. The van der Waals surface area contributed by atoms with Crippen LogP contribution in [0.1, 0.15) is 46.1 Å². The molecule has 1 aromatic carbocycles. The first-order valence-corrected chi connectivity index (χ1v) is 10.2. The average molecular weight is 401 g/mol. The summed E-state index contributed by atoms with van der Waals surface area (Å²) in [6.07, 6.45) is 2.69. The normalized spacial score (nSPS) is 13.1. The van der Waals surface area contributed by atoms with Crippen molar-refractivity contribution in [2.24, 2.45) is 5.92 Å². The fraction of sp³-hybridized carbons (Fsp3) is 0.381. The molecule has 7 heteroatoms. The van der Waals surface area contributed by atoms with Gasteiger partial charge in [-0.05, 0) is 56.4 Å². The molecule has 3 rings (SSSR count). The molecule has 1 heterocycles. The predicted molar refractivity (Wildman–Crippen MR) is 110 cm³/mol. The van der Waals surface area contributed by atoms with Crippen molar-refractivity contribution in [1.82, 2.24) is 0 Å². The van der Waals surface area contributed by atoms with Gasteiger partial charge in [-0.2, -0.15) is 0 Å². The zero-order valence-electron chi connectivity index (χ0n) is 16.3. The van der Waals surface area contributed by atoms with E-state index >= 15 is 0 Å². The molecule has 148 valence electrons. The van der Waals surface area contributed by atoms with Crippen molar-refractivity contribution in [2.45, 2.75) is 40.0 Å².